The largest absolute Gasteiger partial charge is 0.465 e. The maximum atomic E-state index is 13.8. The molecule has 0 bridgehead atoms. The van der Waals surface area contributed by atoms with Crippen LogP contribution < -0.4 is 5.32 Å². The lowest BCUT2D eigenvalue weighted by molar-refractivity contribution is -0.160. The van der Waals surface area contributed by atoms with Crippen LogP contribution in [0.1, 0.15) is 50.6 Å². The summed E-state index contributed by atoms with van der Waals surface area (Å²) in [7, 11) is 0. The van der Waals surface area contributed by atoms with Crippen molar-refractivity contribution in [2.75, 3.05) is 24.7 Å². The quantitative estimate of drug-likeness (QED) is 0.459. The number of thiophene rings is 1. The van der Waals surface area contributed by atoms with Gasteiger partial charge in [-0.15, -0.1) is 11.3 Å². The van der Waals surface area contributed by atoms with Crippen LogP contribution >= 0.6 is 23.1 Å². The molecule has 0 saturated carbocycles. The van der Waals surface area contributed by atoms with E-state index in [0.29, 0.717) is 24.3 Å². The van der Waals surface area contributed by atoms with Crippen molar-refractivity contribution in [2.45, 2.75) is 64.3 Å². The fourth-order valence-electron chi connectivity index (χ4n) is 4.06. The second kappa shape index (κ2) is 13.3. The number of hydrogen-bond donors (Lipinski definition) is 1. The monoisotopic (exact) mass is 532 g/mol. The van der Waals surface area contributed by atoms with Crippen LogP contribution in [0.5, 0.6) is 0 Å². The van der Waals surface area contributed by atoms with Gasteiger partial charge in [-0.25, -0.2) is 0 Å². The Morgan fingerprint density at radius 2 is 1.89 bits per heavy atom. The standard InChI is InChI=1S/C27H36N2O5S2/c1-5-33-26(32)20(14-13-19-10-7-6-8-11-19)28-21-17-35-18-22(23-12-9-15-36-23)29(25(21)31)16-24(30)34-27(2,3)4/h6-12,15,20-22,28H,5,13-14,16-18H2,1-4H3/t20-,21?,22?/m1/s1. The first-order chi connectivity index (χ1) is 17.2. The maximum Gasteiger partial charge on any atom is 0.326 e. The number of ether oxygens (including phenoxy) is 2. The molecule has 2 aromatic rings. The molecule has 1 N–H and O–H groups in total. The Balaban J connectivity index is 1.80. The fraction of sp³-hybridized carbons (Fsp3) is 0.519. The third-order valence-electron chi connectivity index (χ3n) is 5.65. The van der Waals surface area contributed by atoms with E-state index < -0.39 is 23.7 Å². The number of rotatable bonds is 10. The predicted octanol–water partition coefficient (Wildman–Crippen LogP) is 4.23. The average Bonchev–Trinajstić information content (AvgIpc) is 3.31. The molecule has 0 aliphatic carbocycles. The summed E-state index contributed by atoms with van der Waals surface area (Å²) in [5, 5.41) is 5.25. The first kappa shape index (κ1) is 28.2. The zero-order chi connectivity index (χ0) is 26.1. The molecular weight excluding hydrogens is 496 g/mol. The van der Waals surface area contributed by atoms with E-state index in [9.17, 15) is 14.4 Å². The Labute approximate surface area is 221 Å². The van der Waals surface area contributed by atoms with Gasteiger partial charge in [0.1, 0.15) is 18.2 Å². The minimum absolute atomic E-state index is 0.147. The summed E-state index contributed by atoms with van der Waals surface area (Å²) in [6, 6.07) is 12.3. The van der Waals surface area contributed by atoms with Crippen molar-refractivity contribution in [3.63, 3.8) is 0 Å². The normalized spacial score (nSPS) is 19.4. The van der Waals surface area contributed by atoms with Gasteiger partial charge >= 0.3 is 11.9 Å². The van der Waals surface area contributed by atoms with Crippen LogP contribution in [0.25, 0.3) is 0 Å². The summed E-state index contributed by atoms with van der Waals surface area (Å²) in [5.74, 6) is 0.116. The van der Waals surface area contributed by atoms with Crippen LogP contribution in [0.2, 0.25) is 0 Å². The van der Waals surface area contributed by atoms with Crippen molar-refractivity contribution in [3.8, 4) is 0 Å². The van der Waals surface area contributed by atoms with Crippen molar-refractivity contribution >= 4 is 40.9 Å². The molecule has 7 nitrogen and oxygen atoms in total. The number of thioether (sulfide) groups is 1. The highest BCUT2D eigenvalue weighted by Gasteiger charge is 2.38. The molecule has 1 fully saturated rings. The van der Waals surface area contributed by atoms with E-state index in [2.05, 4.69) is 5.32 Å². The number of esters is 2. The molecule has 1 amide bonds. The van der Waals surface area contributed by atoms with Crippen LogP contribution in [-0.4, -0.2) is 65.1 Å². The van der Waals surface area contributed by atoms with Gasteiger partial charge in [-0.05, 0) is 57.5 Å². The molecule has 1 aliphatic rings. The van der Waals surface area contributed by atoms with E-state index in [1.807, 2.05) is 68.6 Å². The van der Waals surface area contributed by atoms with E-state index in [1.54, 1.807) is 34.9 Å². The highest BCUT2D eigenvalue weighted by Crippen LogP contribution is 2.32. The number of amides is 1. The molecule has 0 radical (unpaired) electrons. The Kier molecular flexibility index (Phi) is 10.4. The molecule has 9 heteroatoms. The molecule has 3 atom stereocenters. The number of nitrogens with one attached hydrogen (secondary N) is 1. The number of nitrogens with zero attached hydrogens (tertiary/aromatic N) is 1. The molecule has 1 aromatic carbocycles. The molecular formula is C27H36N2O5S2. The van der Waals surface area contributed by atoms with Gasteiger partial charge in [0.2, 0.25) is 5.91 Å². The second-order valence-electron chi connectivity index (χ2n) is 9.67. The minimum Gasteiger partial charge on any atom is -0.465 e. The van der Waals surface area contributed by atoms with E-state index in [4.69, 9.17) is 9.47 Å². The van der Waals surface area contributed by atoms with Gasteiger partial charge in [0.25, 0.3) is 0 Å². The van der Waals surface area contributed by atoms with E-state index in [1.165, 1.54) is 0 Å². The van der Waals surface area contributed by atoms with Gasteiger partial charge in [-0.1, -0.05) is 36.4 Å². The van der Waals surface area contributed by atoms with Gasteiger partial charge in [0, 0.05) is 16.4 Å². The molecule has 3 rings (SSSR count). The van der Waals surface area contributed by atoms with Crippen LogP contribution in [-0.2, 0) is 30.3 Å². The van der Waals surface area contributed by atoms with Crippen LogP contribution in [0.3, 0.4) is 0 Å². The van der Waals surface area contributed by atoms with Gasteiger partial charge in [0.05, 0.1) is 18.7 Å². The smallest absolute Gasteiger partial charge is 0.326 e. The van der Waals surface area contributed by atoms with Crippen molar-refractivity contribution < 1.29 is 23.9 Å². The number of benzene rings is 1. The van der Waals surface area contributed by atoms with Crippen molar-refractivity contribution in [2.24, 2.45) is 0 Å². The first-order valence-electron chi connectivity index (χ1n) is 12.3. The van der Waals surface area contributed by atoms with Crippen LogP contribution in [0.4, 0.5) is 0 Å². The highest BCUT2D eigenvalue weighted by atomic mass is 32.2. The fourth-order valence-corrected chi connectivity index (χ4v) is 6.20. The maximum absolute atomic E-state index is 13.8. The Morgan fingerprint density at radius 1 is 1.14 bits per heavy atom. The molecule has 0 spiro atoms. The van der Waals surface area contributed by atoms with E-state index in [0.717, 1.165) is 10.4 Å². The number of aryl methyl sites for hydroxylation is 1. The Bertz CT molecular complexity index is 991. The third kappa shape index (κ3) is 8.35. The molecule has 36 heavy (non-hydrogen) atoms. The number of carbonyl (C=O) groups excluding carboxylic acids is 3. The lowest BCUT2D eigenvalue weighted by Crippen LogP contribution is -2.54. The molecule has 1 aliphatic heterocycles. The van der Waals surface area contributed by atoms with Crippen LogP contribution in [0.15, 0.2) is 47.8 Å². The summed E-state index contributed by atoms with van der Waals surface area (Å²) in [5.41, 5.74) is 0.461. The highest BCUT2D eigenvalue weighted by molar-refractivity contribution is 7.99. The predicted molar refractivity (Wildman–Crippen MR) is 144 cm³/mol. The summed E-state index contributed by atoms with van der Waals surface area (Å²) in [4.78, 5) is 42.0. The summed E-state index contributed by atoms with van der Waals surface area (Å²) in [6.07, 6.45) is 1.17. The van der Waals surface area contributed by atoms with Crippen molar-refractivity contribution in [1.82, 2.24) is 10.2 Å². The van der Waals surface area contributed by atoms with E-state index in [-0.39, 0.29) is 31.1 Å². The molecule has 2 heterocycles. The number of carbonyl (C=O) groups is 3. The first-order valence-corrected chi connectivity index (χ1v) is 14.3. The molecule has 2 unspecified atom stereocenters. The van der Waals surface area contributed by atoms with Gasteiger partial charge in [-0.3, -0.25) is 19.7 Å². The Hall–Kier alpha value is -2.36. The van der Waals surface area contributed by atoms with Crippen molar-refractivity contribution in [3.05, 3.63) is 58.3 Å². The molecule has 1 saturated heterocycles. The van der Waals surface area contributed by atoms with Gasteiger partial charge < -0.3 is 14.4 Å². The minimum atomic E-state index is -0.650. The summed E-state index contributed by atoms with van der Waals surface area (Å²) < 4.78 is 10.9. The number of hydrogen-bond acceptors (Lipinski definition) is 8. The van der Waals surface area contributed by atoms with Crippen LogP contribution in [0, 0.1) is 0 Å². The van der Waals surface area contributed by atoms with Crippen molar-refractivity contribution in [1.29, 1.82) is 0 Å². The zero-order valence-corrected chi connectivity index (χ0v) is 23.0. The third-order valence-corrected chi connectivity index (χ3v) is 7.74. The second-order valence-corrected chi connectivity index (χ2v) is 11.7. The van der Waals surface area contributed by atoms with Gasteiger partial charge in [-0.2, -0.15) is 11.8 Å². The summed E-state index contributed by atoms with van der Waals surface area (Å²) in [6.45, 7) is 7.31. The Morgan fingerprint density at radius 3 is 2.53 bits per heavy atom. The SMILES string of the molecule is CCOC(=O)[C@@H](CCc1ccccc1)NC1CSCC(c2cccs2)N(CC(=O)OC(C)(C)C)C1=O. The molecule has 196 valence electrons. The lowest BCUT2D eigenvalue weighted by Gasteiger charge is -2.32. The topological polar surface area (TPSA) is 84.9 Å². The lowest BCUT2D eigenvalue weighted by atomic mass is 10.0. The van der Waals surface area contributed by atoms with Gasteiger partial charge in [0.15, 0.2) is 0 Å². The summed E-state index contributed by atoms with van der Waals surface area (Å²) >= 11 is 3.20. The average molecular weight is 533 g/mol. The molecule has 1 aromatic heterocycles. The zero-order valence-electron chi connectivity index (χ0n) is 21.4. The van der Waals surface area contributed by atoms with E-state index >= 15 is 0 Å².